The summed E-state index contributed by atoms with van der Waals surface area (Å²) in [5.74, 6) is 1.93. The number of aryl methyl sites for hydroxylation is 1. The number of aromatic nitrogens is 3. The van der Waals surface area contributed by atoms with Crippen molar-refractivity contribution in [2.45, 2.75) is 52.0 Å². The van der Waals surface area contributed by atoms with Crippen LogP contribution in [0.4, 0.5) is 0 Å². The number of likely N-dealkylation sites (tertiary alicyclic amines) is 1. The Bertz CT molecular complexity index is 1020. The van der Waals surface area contributed by atoms with Gasteiger partial charge in [0.1, 0.15) is 11.8 Å². The van der Waals surface area contributed by atoms with Crippen LogP contribution in [0.25, 0.3) is 11.5 Å². The number of carbonyl (C=O) groups excluding carboxylic acids is 1. The number of carbonyl (C=O) groups is 1. The van der Waals surface area contributed by atoms with E-state index in [1.165, 1.54) is 5.56 Å². The van der Waals surface area contributed by atoms with Crippen molar-refractivity contribution in [1.82, 2.24) is 20.1 Å². The quantitative estimate of drug-likeness (QED) is 0.517. The average Bonchev–Trinajstić information content (AvgIpc) is 3.30. The molecule has 3 aromatic rings. The van der Waals surface area contributed by atoms with E-state index in [9.17, 15) is 4.79 Å². The molecule has 0 saturated carbocycles. The summed E-state index contributed by atoms with van der Waals surface area (Å²) in [6.45, 7) is 5.35. The molecule has 0 aliphatic carbocycles. The maximum atomic E-state index is 13.0. The van der Waals surface area contributed by atoms with E-state index in [0.29, 0.717) is 37.8 Å². The van der Waals surface area contributed by atoms with Crippen LogP contribution in [0.2, 0.25) is 0 Å². The van der Waals surface area contributed by atoms with E-state index in [1.54, 1.807) is 12.4 Å². The maximum absolute atomic E-state index is 13.0. The largest absolute Gasteiger partial charge is 0.493 e. The van der Waals surface area contributed by atoms with Crippen molar-refractivity contribution in [3.05, 3.63) is 59.7 Å². The van der Waals surface area contributed by atoms with Crippen molar-refractivity contribution in [2.75, 3.05) is 13.2 Å². The first-order chi connectivity index (χ1) is 15.1. The number of ether oxygens (including phenoxy) is 1. The fourth-order valence-electron chi connectivity index (χ4n) is 3.89. The van der Waals surface area contributed by atoms with Gasteiger partial charge in [-0.15, -0.1) is 10.2 Å². The van der Waals surface area contributed by atoms with E-state index in [-0.39, 0.29) is 11.9 Å². The van der Waals surface area contributed by atoms with Crippen LogP contribution in [-0.4, -0.2) is 39.1 Å². The summed E-state index contributed by atoms with van der Waals surface area (Å²) in [5.41, 5.74) is 3.12. The van der Waals surface area contributed by atoms with Gasteiger partial charge in [0, 0.05) is 25.4 Å². The lowest BCUT2D eigenvalue weighted by Gasteiger charge is -2.33. The van der Waals surface area contributed by atoms with Crippen molar-refractivity contribution < 1.29 is 13.9 Å². The number of pyridine rings is 1. The first kappa shape index (κ1) is 21.0. The minimum absolute atomic E-state index is 0.107. The number of nitrogens with zero attached hydrogens (tertiary/aromatic N) is 4. The van der Waals surface area contributed by atoms with E-state index in [1.807, 2.05) is 29.2 Å². The van der Waals surface area contributed by atoms with Gasteiger partial charge in [0.2, 0.25) is 17.7 Å². The molecule has 0 bridgehead atoms. The van der Waals surface area contributed by atoms with E-state index in [0.717, 1.165) is 36.1 Å². The van der Waals surface area contributed by atoms with Gasteiger partial charge in [0.25, 0.3) is 0 Å². The Balaban J connectivity index is 1.35. The molecule has 0 N–H and O–H groups in total. The van der Waals surface area contributed by atoms with Crippen molar-refractivity contribution in [3.63, 3.8) is 0 Å². The molecule has 2 aromatic heterocycles. The highest BCUT2D eigenvalue weighted by molar-refractivity contribution is 5.76. The highest BCUT2D eigenvalue weighted by atomic mass is 16.5. The second-order valence-electron chi connectivity index (χ2n) is 7.94. The van der Waals surface area contributed by atoms with Gasteiger partial charge in [-0.3, -0.25) is 9.78 Å². The molecule has 7 nitrogen and oxygen atoms in total. The Morgan fingerprint density at radius 1 is 1.19 bits per heavy atom. The van der Waals surface area contributed by atoms with Crippen LogP contribution in [0.3, 0.4) is 0 Å². The zero-order valence-electron chi connectivity index (χ0n) is 18.1. The molecule has 3 heterocycles. The fraction of sp³-hybridized carbons (Fsp3) is 0.417. The van der Waals surface area contributed by atoms with Crippen LogP contribution in [0, 0.1) is 13.8 Å². The number of amides is 1. The SMILES string of the molecule is Cc1cccc(OCCCC(=O)N2CCCC[C@@H]2c2nnc(-c3cccnc3)o2)c1C. The zero-order chi connectivity index (χ0) is 21.6. The molecule has 7 heteroatoms. The molecular formula is C24H28N4O3. The third-order valence-electron chi connectivity index (χ3n) is 5.80. The highest BCUT2D eigenvalue weighted by Crippen LogP contribution is 2.32. The third kappa shape index (κ3) is 4.93. The number of benzene rings is 1. The Kier molecular flexibility index (Phi) is 6.60. The summed E-state index contributed by atoms with van der Waals surface area (Å²) in [4.78, 5) is 18.9. The number of hydrogen-bond donors (Lipinski definition) is 0. The van der Waals surface area contributed by atoms with Crippen LogP contribution in [0.1, 0.15) is 55.2 Å². The van der Waals surface area contributed by atoms with Gasteiger partial charge >= 0.3 is 0 Å². The molecule has 1 aromatic carbocycles. The predicted octanol–water partition coefficient (Wildman–Crippen LogP) is 4.66. The first-order valence-corrected chi connectivity index (χ1v) is 10.9. The molecule has 0 radical (unpaired) electrons. The minimum Gasteiger partial charge on any atom is -0.493 e. The standard InChI is InChI=1S/C24H28N4O3/c1-17-8-5-11-21(18(17)2)30-15-7-12-22(29)28-14-4-3-10-20(28)24-27-26-23(31-24)19-9-6-13-25-16-19/h5-6,8-9,11,13,16,20H,3-4,7,10,12,14-15H2,1-2H3/t20-/m1/s1. The van der Waals surface area contributed by atoms with Gasteiger partial charge in [-0.25, -0.2) is 0 Å². The fourth-order valence-corrected chi connectivity index (χ4v) is 3.89. The number of hydrogen-bond acceptors (Lipinski definition) is 6. The van der Waals surface area contributed by atoms with Crippen molar-refractivity contribution >= 4 is 5.91 Å². The normalized spacial score (nSPS) is 16.3. The van der Waals surface area contributed by atoms with Crippen LogP contribution in [-0.2, 0) is 4.79 Å². The summed E-state index contributed by atoms with van der Waals surface area (Å²) in [7, 11) is 0. The average molecular weight is 421 g/mol. The molecule has 31 heavy (non-hydrogen) atoms. The molecule has 0 unspecified atom stereocenters. The molecule has 1 aliphatic rings. The Labute approximate surface area is 182 Å². The van der Waals surface area contributed by atoms with Gasteiger partial charge in [-0.1, -0.05) is 12.1 Å². The van der Waals surface area contributed by atoms with Crippen molar-refractivity contribution in [3.8, 4) is 17.2 Å². The number of piperidine rings is 1. The summed E-state index contributed by atoms with van der Waals surface area (Å²) in [6, 6.07) is 9.57. The monoisotopic (exact) mass is 420 g/mol. The van der Waals surface area contributed by atoms with Crippen molar-refractivity contribution in [2.24, 2.45) is 0 Å². The predicted molar refractivity (Wildman–Crippen MR) is 116 cm³/mol. The Hall–Kier alpha value is -3.22. The van der Waals surface area contributed by atoms with Gasteiger partial charge < -0.3 is 14.1 Å². The second-order valence-corrected chi connectivity index (χ2v) is 7.94. The second kappa shape index (κ2) is 9.73. The van der Waals surface area contributed by atoms with Gasteiger partial charge in [-0.05, 0) is 68.9 Å². The zero-order valence-corrected chi connectivity index (χ0v) is 18.1. The van der Waals surface area contributed by atoms with Gasteiger partial charge in [0.05, 0.1) is 12.2 Å². The molecule has 1 amide bonds. The van der Waals surface area contributed by atoms with Crippen LogP contribution >= 0.6 is 0 Å². The molecule has 0 spiro atoms. The molecular weight excluding hydrogens is 392 g/mol. The Morgan fingerprint density at radius 2 is 2.10 bits per heavy atom. The summed E-state index contributed by atoms with van der Waals surface area (Å²) < 4.78 is 11.8. The Morgan fingerprint density at radius 3 is 2.94 bits per heavy atom. The van der Waals surface area contributed by atoms with E-state index < -0.39 is 0 Å². The van der Waals surface area contributed by atoms with E-state index >= 15 is 0 Å². The van der Waals surface area contributed by atoms with Crippen LogP contribution in [0.15, 0.2) is 47.1 Å². The van der Waals surface area contributed by atoms with Gasteiger partial charge in [0.15, 0.2) is 0 Å². The summed E-state index contributed by atoms with van der Waals surface area (Å²) in [6.07, 6.45) is 7.35. The number of rotatable bonds is 7. The molecule has 1 fully saturated rings. The topological polar surface area (TPSA) is 81.4 Å². The first-order valence-electron chi connectivity index (χ1n) is 10.9. The smallest absolute Gasteiger partial charge is 0.249 e. The lowest BCUT2D eigenvalue weighted by Crippen LogP contribution is -2.38. The summed E-state index contributed by atoms with van der Waals surface area (Å²) in [5, 5.41) is 8.41. The molecule has 4 rings (SSSR count). The molecule has 1 atom stereocenters. The minimum atomic E-state index is -0.167. The molecule has 162 valence electrons. The van der Waals surface area contributed by atoms with Crippen LogP contribution < -0.4 is 4.74 Å². The lowest BCUT2D eigenvalue weighted by atomic mass is 10.0. The van der Waals surface area contributed by atoms with Crippen molar-refractivity contribution in [1.29, 1.82) is 0 Å². The third-order valence-corrected chi connectivity index (χ3v) is 5.80. The summed E-state index contributed by atoms with van der Waals surface area (Å²) >= 11 is 0. The molecule has 1 saturated heterocycles. The van der Waals surface area contributed by atoms with Crippen LogP contribution in [0.5, 0.6) is 5.75 Å². The maximum Gasteiger partial charge on any atom is 0.249 e. The lowest BCUT2D eigenvalue weighted by molar-refractivity contribution is -0.135. The highest BCUT2D eigenvalue weighted by Gasteiger charge is 2.31. The van der Waals surface area contributed by atoms with Gasteiger partial charge in [-0.2, -0.15) is 0 Å². The van der Waals surface area contributed by atoms with E-state index in [4.69, 9.17) is 9.15 Å². The molecule has 1 aliphatic heterocycles. The van der Waals surface area contributed by atoms with E-state index in [2.05, 4.69) is 35.1 Å².